The Morgan fingerprint density at radius 3 is 2.59 bits per heavy atom. The Balaban J connectivity index is 1.86. The SMILES string of the molecule is CC1CCC2C3CCC(=O)C(C)(CCC(=O)O)C3CCC12C. The van der Waals surface area contributed by atoms with Gasteiger partial charge in [0.05, 0.1) is 0 Å². The van der Waals surface area contributed by atoms with E-state index in [1.807, 2.05) is 0 Å². The highest BCUT2D eigenvalue weighted by atomic mass is 16.4. The maximum absolute atomic E-state index is 12.6. The third kappa shape index (κ3) is 2.23. The number of carbonyl (C=O) groups is 2. The first-order valence-electron chi connectivity index (χ1n) is 9.04. The Morgan fingerprint density at radius 2 is 1.91 bits per heavy atom. The van der Waals surface area contributed by atoms with Gasteiger partial charge in [0.15, 0.2) is 0 Å². The second-order valence-corrected chi connectivity index (χ2v) is 8.67. The number of rotatable bonds is 3. The molecule has 3 heteroatoms. The number of hydrogen-bond donors (Lipinski definition) is 1. The number of carboxylic acid groups (broad SMARTS) is 1. The second-order valence-electron chi connectivity index (χ2n) is 8.67. The van der Waals surface area contributed by atoms with Crippen molar-refractivity contribution >= 4 is 11.8 Å². The highest BCUT2D eigenvalue weighted by Gasteiger charge is 2.58. The van der Waals surface area contributed by atoms with Crippen LogP contribution in [0.2, 0.25) is 0 Å². The first kappa shape index (κ1) is 16.0. The van der Waals surface area contributed by atoms with Crippen molar-refractivity contribution in [3.8, 4) is 0 Å². The summed E-state index contributed by atoms with van der Waals surface area (Å²) in [5, 5.41) is 9.06. The van der Waals surface area contributed by atoms with Crippen LogP contribution >= 0.6 is 0 Å². The van der Waals surface area contributed by atoms with E-state index in [1.54, 1.807) is 0 Å². The maximum atomic E-state index is 12.6. The standard InChI is InChI=1S/C19H30O3/c1-12-4-6-14-13-5-7-16(20)19(3,11-9-17(21)22)15(13)8-10-18(12,14)2/h12-15H,4-11H2,1-3H3,(H,21,22). The van der Waals surface area contributed by atoms with E-state index in [2.05, 4.69) is 20.8 Å². The summed E-state index contributed by atoms with van der Waals surface area (Å²) in [4.78, 5) is 23.6. The van der Waals surface area contributed by atoms with Crippen molar-refractivity contribution in [2.45, 2.75) is 72.1 Å². The van der Waals surface area contributed by atoms with Gasteiger partial charge in [0.1, 0.15) is 5.78 Å². The monoisotopic (exact) mass is 306 g/mol. The van der Waals surface area contributed by atoms with E-state index in [4.69, 9.17) is 5.11 Å². The van der Waals surface area contributed by atoms with Gasteiger partial charge in [-0.05, 0) is 67.6 Å². The van der Waals surface area contributed by atoms with Crippen molar-refractivity contribution in [2.75, 3.05) is 0 Å². The van der Waals surface area contributed by atoms with Crippen LogP contribution in [0.15, 0.2) is 0 Å². The molecule has 0 aromatic carbocycles. The topological polar surface area (TPSA) is 54.4 Å². The molecule has 3 aliphatic carbocycles. The van der Waals surface area contributed by atoms with E-state index in [1.165, 1.54) is 19.3 Å². The van der Waals surface area contributed by atoms with Crippen molar-refractivity contribution in [2.24, 2.45) is 34.5 Å². The minimum absolute atomic E-state index is 0.129. The molecule has 0 aromatic rings. The van der Waals surface area contributed by atoms with Crippen LogP contribution in [0, 0.1) is 34.5 Å². The number of Topliss-reactive ketones (excluding diaryl/α,β-unsaturated/α-hetero) is 1. The Bertz CT molecular complexity index is 485. The Labute approximate surface area is 133 Å². The molecule has 124 valence electrons. The van der Waals surface area contributed by atoms with Gasteiger partial charge >= 0.3 is 5.97 Å². The van der Waals surface area contributed by atoms with Gasteiger partial charge in [0.25, 0.3) is 0 Å². The average Bonchev–Trinajstić information content (AvgIpc) is 2.77. The van der Waals surface area contributed by atoms with Crippen LogP contribution in [0.3, 0.4) is 0 Å². The summed E-state index contributed by atoms with van der Waals surface area (Å²) >= 11 is 0. The molecule has 0 heterocycles. The molecule has 3 aliphatic rings. The Kier molecular flexibility index (Phi) is 3.89. The van der Waals surface area contributed by atoms with Gasteiger partial charge in [-0.15, -0.1) is 0 Å². The van der Waals surface area contributed by atoms with E-state index in [-0.39, 0.29) is 6.42 Å². The average molecular weight is 306 g/mol. The highest BCUT2D eigenvalue weighted by molar-refractivity contribution is 5.86. The predicted molar refractivity (Wildman–Crippen MR) is 85.4 cm³/mol. The fraction of sp³-hybridized carbons (Fsp3) is 0.895. The quantitative estimate of drug-likeness (QED) is 0.845. The van der Waals surface area contributed by atoms with Crippen molar-refractivity contribution in [3.63, 3.8) is 0 Å². The molecule has 0 spiro atoms. The molecular weight excluding hydrogens is 276 g/mol. The molecule has 3 nitrogen and oxygen atoms in total. The van der Waals surface area contributed by atoms with E-state index < -0.39 is 11.4 Å². The van der Waals surface area contributed by atoms with Crippen molar-refractivity contribution < 1.29 is 14.7 Å². The number of carboxylic acids is 1. The third-order valence-electron chi connectivity index (χ3n) is 7.93. The molecule has 22 heavy (non-hydrogen) atoms. The minimum atomic E-state index is -0.772. The third-order valence-corrected chi connectivity index (χ3v) is 7.93. The Morgan fingerprint density at radius 1 is 1.18 bits per heavy atom. The molecule has 0 amide bonds. The Hall–Kier alpha value is -0.860. The molecule has 6 unspecified atom stereocenters. The smallest absolute Gasteiger partial charge is 0.303 e. The number of carbonyl (C=O) groups excluding carboxylic acids is 1. The normalized spacial score (nSPS) is 47.9. The van der Waals surface area contributed by atoms with Crippen LogP contribution in [-0.4, -0.2) is 16.9 Å². The number of ketones is 1. The summed E-state index contributed by atoms with van der Waals surface area (Å²) in [7, 11) is 0. The molecule has 1 N–H and O–H groups in total. The fourth-order valence-electron chi connectivity index (χ4n) is 6.23. The van der Waals surface area contributed by atoms with Crippen LogP contribution in [0.25, 0.3) is 0 Å². The molecule has 3 fully saturated rings. The zero-order chi connectivity index (χ0) is 16.1. The lowest BCUT2D eigenvalue weighted by Gasteiger charge is -2.55. The van der Waals surface area contributed by atoms with E-state index in [0.29, 0.717) is 35.9 Å². The first-order chi connectivity index (χ1) is 10.3. The number of hydrogen-bond acceptors (Lipinski definition) is 2. The van der Waals surface area contributed by atoms with Gasteiger partial charge in [-0.3, -0.25) is 9.59 Å². The summed E-state index contributed by atoms with van der Waals surface area (Å²) in [5.74, 6) is 2.15. The molecular formula is C19H30O3. The van der Waals surface area contributed by atoms with Crippen LogP contribution < -0.4 is 0 Å². The van der Waals surface area contributed by atoms with Gasteiger partial charge in [-0.1, -0.05) is 20.8 Å². The van der Waals surface area contributed by atoms with Crippen molar-refractivity contribution in [1.82, 2.24) is 0 Å². The van der Waals surface area contributed by atoms with Gasteiger partial charge in [-0.25, -0.2) is 0 Å². The number of aliphatic carboxylic acids is 1. The molecule has 0 radical (unpaired) electrons. The van der Waals surface area contributed by atoms with Gasteiger partial charge in [-0.2, -0.15) is 0 Å². The fourth-order valence-corrected chi connectivity index (χ4v) is 6.23. The zero-order valence-corrected chi connectivity index (χ0v) is 14.2. The first-order valence-corrected chi connectivity index (χ1v) is 9.04. The molecule has 0 saturated heterocycles. The largest absolute Gasteiger partial charge is 0.481 e. The second kappa shape index (κ2) is 5.35. The molecule has 3 rings (SSSR count). The lowest BCUT2D eigenvalue weighted by Crippen LogP contribution is -2.52. The van der Waals surface area contributed by atoms with E-state index in [9.17, 15) is 9.59 Å². The summed E-state index contributed by atoms with van der Waals surface area (Å²) in [6.07, 6.45) is 7.33. The van der Waals surface area contributed by atoms with Crippen molar-refractivity contribution in [3.05, 3.63) is 0 Å². The summed E-state index contributed by atoms with van der Waals surface area (Å²) in [6.45, 7) is 6.94. The summed E-state index contributed by atoms with van der Waals surface area (Å²) in [5.41, 5.74) is 0.0593. The minimum Gasteiger partial charge on any atom is -0.481 e. The molecule has 0 aromatic heterocycles. The lowest BCUT2D eigenvalue weighted by molar-refractivity contribution is -0.148. The van der Waals surface area contributed by atoms with Gasteiger partial charge in [0.2, 0.25) is 0 Å². The van der Waals surface area contributed by atoms with Crippen LogP contribution in [0.5, 0.6) is 0 Å². The van der Waals surface area contributed by atoms with E-state index in [0.717, 1.165) is 24.7 Å². The van der Waals surface area contributed by atoms with Crippen LogP contribution in [0.4, 0.5) is 0 Å². The molecule has 3 saturated carbocycles. The summed E-state index contributed by atoms with van der Waals surface area (Å²) < 4.78 is 0. The van der Waals surface area contributed by atoms with Crippen molar-refractivity contribution in [1.29, 1.82) is 0 Å². The summed E-state index contributed by atoms with van der Waals surface area (Å²) in [6, 6.07) is 0. The number of fused-ring (bicyclic) bond motifs is 3. The maximum Gasteiger partial charge on any atom is 0.303 e. The lowest BCUT2D eigenvalue weighted by atomic mass is 9.48. The van der Waals surface area contributed by atoms with E-state index >= 15 is 0 Å². The molecule has 6 atom stereocenters. The molecule has 0 bridgehead atoms. The van der Waals surface area contributed by atoms with Crippen LogP contribution in [-0.2, 0) is 9.59 Å². The molecule has 0 aliphatic heterocycles. The van der Waals surface area contributed by atoms with Crippen LogP contribution in [0.1, 0.15) is 72.1 Å². The van der Waals surface area contributed by atoms with Gasteiger partial charge < -0.3 is 5.11 Å². The van der Waals surface area contributed by atoms with Gasteiger partial charge in [0, 0.05) is 18.3 Å². The predicted octanol–water partition coefficient (Wildman–Crippen LogP) is 4.30. The highest BCUT2D eigenvalue weighted by Crippen LogP contribution is 2.64. The zero-order valence-electron chi connectivity index (χ0n) is 14.2.